The van der Waals surface area contributed by atoms with Gasteiger partial charge in [-0.05, 0) is 11.6 Å². The molecule has 0 aromatic carbocycles. The molecule has 2 aromatic heterocycles. The third-order valence-corrected chi connectivity index (χ3v) is 5.54. The number of ether oxygens (including phenoxy) is 2. The van der Waals surface area contributed by atoms with Crippen molar-refractivity contribution < 1.29 is 9.47 Å². The van der Waals surface area contributed by atoms with Crippen molar-refractivity contribution in [1.82, 2.24) is 29.7 Å². The highest BCUT2D eigenvalue weighted by atomic mass is 35.5. The molecule has 0 amide bonds. The maximum atomic E-state index is 6.38. The summed E-state index contributed by atoms with van der Waals surface area (Å²) in [6, 6.07) is 0. The van der Waals surface area contributed by atoms with Gasteiger partial charge in [0.1, 0.15) is 0 Å². The molecule has 164 valence electrons. The smallest absolute Gasteiger partial charge is 0.226 e. The number of morpholine rings is 2. The van der Waals surface area contributed by atoms with Crippen LogP contribution in [0.1, 0.15) is 0 Å². The average molecular weight is 457 g/mol. The molecule has 0 unspecified atom stereocenters. The van der Waals surface area contributed by atoms with Gasteiger partial charge in [-0.25, -0.2) is 9.97 Å². The van der Waals surface area contributed by atoms with Crippen LogP contribution in [-0.4, -0.2) is 109 Å². The van der Waals surface area contributed by atoms with Gasteiger partial charge < -0.3 is 20.1 Å². The molecule has 2 fully saturated rings. The molecule has 0 saturated carbocycles. The molecule has 2 saturated heterocycles. The summed E-state index contributed by atoms with van der Waals surface area (Å²) in [6.45, 7) is 9.94. The highest BCUT2D eigenvalue weighted by Gasteiger charge is 2.16. The Labute approximate surface area is 185 Å². The van der Waals surface area contributed by atoms with Gasteiger partial charge in [-0.15, -0.1) is 0 Å². The van der Waals surface area contributed by atoms with Crippen LogP contribution in [0.25, 0.3) is 11.2 Å². The minimum Gasteiger partial charge on any atom is -0.379 e. The Kier molecular flexibility index (Phi) is 7.69. The number of nitrogens with zero attached hydrogens (tertiary/aromatic N) is 6. The van der Waals surface area contributed by atoms with E-state index in [9.17, 15) is 0 Å². The number of hydrogen-bond acceptors (Lipinski definition) is 10. The predicted molar refractivity (Wildman–Crippen MR) is 117 cm³/mol. The van der Waals surface area contributed by atoms with E-state index in [0.717, 1.165) is 65.7 Å². The van der Waals surface area contributed by atoms with Crippen LogP contribution in [0.5, 0.6) is 0 Å². The average Bonchev–Trinajstić information content (AvgIpc) is 2.76. The van der Waals surface area contributed by atoms with E-state index in [4.69, 9.17) is 32.7 Å². The van der Waals surface area contributed by atoms with E-state index in [1.165, 1.54) is 0 Å². The van der Waals surface area contributed by atoms with Crippen molar-refractivity contribution >= 4 is 46.0 Å². The molecule has 0 spiro atoms. The Bertz CT molecular complexity index is 847. The summed E-state index contributed by atoms with van der Waals surface area (Å²) in [6.07, 6.45) is 0. The zero-order valence-corrected chi connectivity index (χ0v) is 18.3. The lowest BCUT2D eigenvalue weighted by molar-refractivity contribution is 0.0398. The van der Waals surface area contributed by atoms with Crippen LogP contribution >= 0.6 is 23.2 Å². The summed E-state index contributed by atoms with van der Waals surface area (Å²) in [4.78, 5) is 22.2. The fraction of sp³-hybridized carbons (Fsp3) is 0.667. The van der Waals surface area contributed by atoms with E-state index in [0.29, 0.717) is 35.9 Å². The molecule has 0 bridgehead atoms. The lowest BCUT2D eigenvalue weighted by Gasteiger charge is -2.26. The van der Waals surface area contributed by atoms with Gasteiger partial charge in [0.05, 0.1) is 26.4 Å². The van der Waals surface area contributed by atoms with Gasteiger partial charge in [-0.1, -0.05) is 11.6 Å². The molecule has 0 aliphatic carbocycles. The lowest BCUT2D eigenvalue weighted by Crippen LogP contribution is -2.39. The van der Waals surface area contributed by atoms with Crippen molar-refractivity contribution in [3.63, 3.8) is 0 Å². The third-order valence-electron chi connectivity index (χ3n) is 5.11. The number of nitrogens with one attached hydrogen (secondary N) is 2. The number of halogens is 2. The van der Waals surface area contributed by atoms with Crippen molar-refractivity contribution in [2.24, 2.45) is 0 Å². The first kappa shape index (κ1) is 21.7. The van der Waals surface area contributed by atoms with E-state index < -0.39 is 0 Å². The highest BCUT2D eigenvalue weighted by molar-refractivity contribution is 6.32. The van der Waals surface area contributed by atoms with Crippen LogP contribution in [0.3, 0.4) is 0 Å². The molecule has 2 aliphatic rings. The molecule has 4 rings (SSSR count). The van der Waals surface area contributed by atoms with E-state index in [1.807, 2.05) is 0 Å². The summed E-state index contributed by atoms with van der Waals surface area (Å²) in [5.41, 5.74) is 0.909. The van der Waals surface area contributed by atoms with Gasteiger partial charge in [0.15, 0.2) is 28.0 Å². The monoisotopic (exact) mass is 456 g/mol. The largest absolute Gasteiger partial charge is 0.379 e. The molecule has 12 heteroatoms. The van der Waals surface area contributed by atoms with Crippen LogP contribution in [-0.2, 0) is 9.47 Å². The molecular formula is C18H26Cl2N8O2. The maximum absolute atomic E-state index is 6.38. The summed E-state index contributed by atoms with van der Waals surface area (Å²) in [5, 5.41) is 6.94. The predicted octanol–water partition coefficient (Wildman–Crippen LogP) is 1.21. The Morgan fingerprint density at radius 3 is 1.90 bits per heavy atom. The SMILES string of the molecule is Clc1nc(NCCN2CCOCC2)c2nc(Cl)c(NCCN3CCOCC3)nc2n1. The van der Waals surface area contributed by atoms with Crippen LogP contribution in [0.2, 0.25) is 10.4 Å². The van der Waals surface area contributed by atoms with E-state index in [1.54, 1.807) is 0 Å². The standard InChI is InChI=1S/C18H26Cl2N8O2/c19-14-17(22-2-4-28-7-11-30-12-8-28)24-16-13(23-14)15(25-18(20)26-16)21-1-3-27-5-9-29-10-6-27/h1-12H2,(H2,21,22,24,25,26). The summed E-state index contributed by atoms with van der Waals surface area (Å²) < 4.78 is 10.7. The molecule has 30 heavy (non-hydrogen) atoms. The molecule has 2 aliphatic heterocycles. The second kappa shape index (κ2) is 10.7. The van der Waals surface area contributed by atoms with E-state index in [2.05, 4.69) is 40.4 Å². The fourth-order valence-electron chi connectivity index (χ4n) is 3.45. The molecule has 4 heterocycles. The molecule has 2 N–H and O–H groups in total. The van der Waals surface area contributed by atoms with Gasteiger partial charge in [0.2, 0.25) is 5.28 Å². The molecular weight excluding hydrogens is 431 g/mol. The van der Waals surface area contributed by atoms with Crippen molar-refractivity contribution in [3.05, 3.63) is 10.4 Å². The number of anilines is 2. The van der Waals surface area contributed by atoms with Crippen LogP contribution in [0, 0.1) is 0 Å². The van der Waals surface area contributed by atoms with Gasteiger partial charge in [0, 0.05) is 52.4 Å². The zero-order valence-electron chi connectivity index (χ0n) is 16.7. The molecule has 2 aromatic rings. The Hall–Kier alpha value is -1.56. The third kappa shape index (κ3) is 5.77. The van der Waals surface area contributed by atoms with Crippen LogP contribution in [0.15, 0.2) is 0 Å². The highest BCUT2D eigenvalue weighted by Crippen LogP contribution is 2.25. The first-order chi connectivity index (χ1) is 14.7. The topological polar surface area (TPSA) is 101 Å². The van der Waals surface area contributed by atoms with Crippen LogP contribution < -0.4 is 10.6 Å². The van der Waals surface area contributed by atoms with Crippen molar-refractivity contribution in [1.29, 1.82) is 0 Å². The van der Waals surface area contributed by atoms with E-state index >= 15 is 0 Å². The van der Waals surface area contributed by atoms with Gasteiger partial charge >= 0.3 is 0 Å². The zero-order chi connectivity index (χ0) is 20.8. The molecule has 0 radical (unpaired) electrons. The maximum Gasteiger partial charge on any atom is 0.226 e. The van der Waals surface area contributed by atoms with Gasteiger partial charge in [0.25, 0.3) is 0 Å². The van der Waals surface area contributed by atoms with E-state index in [-0.39, 0.29) is 10.4 Å². The first-order valence-electron chi connectivity index (χ1n) is 10.2. The number of rotatable bonds is 8. The number of fused-ring (bicyclic) bond motifs is 1. The Balaban J connectivity index is 1.40. The van der Waals surface area contributed by atoms with Crippen molar-refractivity contribution in [2.75, 3.05) is 89.4 Å². The quantitative estimate of drug-likeness (QED) is 0.563. The van der Waals surface area contributed by atoms with Crippen molar-refractivity contribution in [3.8, 4) is 0 Å². The minimum absolute atomic E-state index is 0.118. The summed E-state index contributed by atoms with van der Waals surface area (Å²) >= 11 is 12.5. The molecule has 10 nitrogen and oxygen atoms in total. The van der Waals surface area contributed by atoms with Crippen molar-refractivity contribution in [2.45, 2.75) is 0 Å². The van der Waals surface area contributed by atoms with Gasteiger partial charge in [-0.3, -0.25) is 9.80 Å². The number of hydrogen-bond donors (Lipinski definition) is 2. The fourth-order valence-corrected chi connectivity index (χ4v) is 3.81. The first-order valence-corrected chi connectivity index (χ1v) is 10.9. The number of aromatic nitrogens is 4. The molecule has 0 atom stereocenters. The lowest BCUT2D eigenvalue weighted by atomic mass is 10.4. The normalized spacial score (nSPS) is 18.6. The Morgan fingerprint density at radius 1 is 0.733 bits per heavy atom. The second-order valence-electron chi connectivity index (χ2n) is 7.14. The second-order valence-corrected chi connectivity index (χ2v) is 7.83. The minimum atomic E-state index is 0.118. The summed E-state index contributed by atoms with van der Waals surface area (Å²) in [5.74, 6) is 1.03. The Morgan fingerprint density at radius 2 is 1.30 bits per heavy atom. The van der Waals surface area contributed by atoms with Gasteiger partial charge in [-0.2, -0.15) is 9.97 Å². The van der Waals surface area contributed by atoms with Crippen LogP contribution in [0.4, 0.5) is 11.6 Å². The summed E-state index contributed by atoms with van der Waals surface area (Å²) in [7, 11) is 0.